The second-order valence-electron chi connectivity index (χ2n) is 4.32. The zero-order chi connectivity index (χ0) is 12.8. The van der Waals surface area contributed by atoms with E-state index >= 15 is 0 Å². The number of allylic oxidation sites excluding steroid dienone is 1. The van der Waals surface area contributed by atoms with Gasteiger partial charge in [0.05, 0.1) is 5.02 Å². The highest BCUT2D eigenvalue weighted by Gasteiger charge is 2.06. The number of nitrogens with zero attached hydrogens (tertiary/aromatic N) is 1. The highest BCUT2D eigenvalue weighted by molar-refractivity contribution is 6.30. The Morgan fingerprint density at radius 2 is 2.06 bits per heavy atom. The first-order valence-electron chi connectivity index (χ1n) is 6.11. The van der Waals surface area contributed by atoms with Crippen molar-refractivity contribution < 1.29 is 4.79 Å². The minimum Gasteiger partial charge on any atom is -0.314 e. The molecule has 1 aromatic heterocycles. The third-order valence-corrected chi connectivity index (χ3v) is 3.10. The Bertz CT molecular complexity index is 434. The van der Waals surface area contributed by atoms with Crippen LogP contribution in [0.5, 0.6) is 0 Å². The molecule has 1 aliphatic rings. The van der Waals surface area contributed by atoms with Gasteiger partial charge in [0.1, 0.15) is 5.82 Å². The van der Waals surface area contributed by atoms with Gasteiger partial charge in [0.15, 0.2) is 0 Å². The molecule has 0 aliphatic heterocycles. The SMILES string of the molecule is O=C(NC=C1CCCCC1)Nc1ccc(Cl)cn1. The maximum Gasteiger partial charge on any atom is 0.324 e. The first-order chi connectivity index (χ1) is 8.74. The number of nitrogens with one attached hydrogen (secondary N) is 2. The number of urea groups is 1. The Hall–Kier alpha value is -1.55. The van der Waals surface area contributed by atoms with Gasteiger partial charge in [0.25, 0.3) is 0 Å². The van der Waals surface area contributed by atoms with Crippen molar-refractivity contribution in [1.82, 2.24) is 10.3 Å². The first kappa shape index (κ1) is 12.9. The van der Waals surface area contributed by atoms with Crippen LogP contribution >= 0.6 is 11.6 Å². The molecule has 1 aliphatic carbocycles. The van der Waals surface area contributed by atoms with Crippen molar-refractivity contribution in [3.05, 3.63) is 35.1 Å². The number of aromatic nitrogens is 1. The van der Waals surface area contributed by atoms with Crippen LogP contribution in [0.4, 0.5) is 10.6 Å². The molecule has 96 valence electrons. The summed E-state index contributed by atoms with van der Waals surface area (Å²) in [4.78, 5) is 15.6. The molecule has 2 amide bonds. The van der Waals surface area contributed by atoms with Gasteiger partial charge in [0.2, 0.25) is 0 Å². The van der Waals surface area contributed by atoms with Gasteiger partial charge < -0.3 is 5.32 Å². The summed E-state index contributed by atoms with van der Waals surface area (Å²) in [6.07, 6.45) is 9.19. The lowest BCUT2D eigenvalue weighted by Crippen LogP contribution is -2.25. The van der Waals surface area contributed by atoms with E-state index in [2.05, 4.69) is 15.6 Å². The highest BCUT2D eigenvalue weighted by Crippen LogP contribution is 2.21. The monoisotopic (exact) mass is 265 g/mol. The van der Waals surface area contributed by atoms with Gasteiger partial charge in [-0.25, -0.2) is 9.78 Å². The lowest BCUT2D eigenvalue weighted by Gasteiger charge is -2.13. The van der Waals surface area contributed by atoms with E-state index in [4.69, 9.17) is 11.6 Å². The quantitative estimate of drug-likeness (QED) is 0.857. The number of amides is 2. The van der Waals surface area contributed by atoms with Crippen LogP contribution in [0.1, 0.15) is 32.1 Å². The fraction of sp³-hybridized carbons (Fsp3) is 0.385. The number of hydrogen-bond acceptors (Lipinski definition) is 2. The number of rotatable bonds is 2. The Labute approximate surface area is 111 Å². The lowest BCUT2D eigenvalue weighted by atomic mass is 9.96. The van der Waals surface area contributed by atoms with Crippen molar-refractivity contribution in [3.63, 3.8) is 0 Å². The molecule has 1 saturated carbocycles. The number of pyridine rings is 1. The molecule has 1 heterocycles. The van der Waals surface area contributed by atoms with Crippen LogP contribution in [0, 0.1) is 0 Å². The van der Waals surface area contributed by atoms with Gasteiger partial charge >= 0.3 is 6.03 Å². The predicted octanol–water partition coefficient (Wildman–Crippen LogP) is 3.70. The van der Waals surface area contributed by atoms with E-state index in [1.807, 2.05) is 6.20 Å². The number of carbonyl (C=O) groups is 1. The number of hydrogen-bond donors (Lipinski definition) is 2. The lowest BCUT2D eigenvalue weighted by molar-refractivity contribution is 0.255. The number of halogens is 1. The fourth-order valence-electron chi connectivity index (χ4n) is 1.92. The van der Waals surface area contributed by atoms with Crippen LogP contribution < -0.4 is 10.6 Å². The van der Waals surface area contributed by atoms with E-state index in [9.17, 15) is 4.79 Å². The summed E-state index contributed by atoms with van der Waals surface area (Å²) in [6, 6.07) is 3.07. The van der Waals surface area contributed by atoms with Gasteiger partial charge in [-0.3, -0.25) is 5.32 Å². The molecule has 1 fully saturated rings. The molecule has 5 heteroatoms. The summed E-state index contributed by atoms with van der Waals surface area (Å²) >= 11 is 5.71. The molecule has 0 atom stereocenters. The average Bonchev–Trinajstić information content (AvgIpc) is 2.40. The Morgan fingerprint density at radius 3 is 2.72 bits per heavy atom. The predicted molar refractivity (Wildman–Crippen MR) is 72.6 cm³/mol. The van der Waals surface area contributed by atoms with Crippen molar-refractivity contribution in [2.75, 3.05) is 5.32 Å². The zero-order valence-electron chi connectivity index (χ0n) is 10.1. The fourth-order valence-corrected chi connectivity index (χ4v) is 2.03. The molecule has 0 aromatic carbocycles. The van der Waals surface area contributed by atoms with E-state index in [-0.39, 0.29) is 6.03 Å². The smallest absolute Gasteiger partial charge is 0.314 e. The van der Waals surface area contributed by atoms with Crippen molar-refractivity contribution >= 4 is 23.4 Å². The van der Waals surface area contributed by atoms with Crippen LogP contribution in [0.3, 0.4) is 0 Å². The van der Waals surface area contributed by atoms with E-state index in [0.717, 1.165) is 12.8 Å². The Morgan fingerprint density at radius 1 is 1.28 bits per heavy atom. The van der Waals surface area contributed by atoms with Crippen molar-refractivity contribution in [1.29, 1.82) is 0 Å². The molecule has 0 radical (unpaired) electrons. The third kappa shape index (κ3) is 4.04. The highest BCUT2D eigenvalue weighted by atomic mass is 35.5. The topological polar surface area (TPSA) is 54.0 Å². The second-order valence-corrected chi connectivity index (χ2v) is 4.76. The summed E-state index contributed by atoms with van der Waals surface area (Å²) in [6.45, 7) is 0. The molecule has 0 saturated heterocycles. The molecule has 1 aromatic rings. The molecular formula is C13H16ClN3O. The molecule has 0 spiro atoms. The summed E-state index contributed by atoms with van der Waals surface area (Å²) in [7, 11) is 0. The van der Waals surface area contributed by atoms with Crippen molar-refractivity contribution in [2.24, 2.45) is 0 Å². The zero-order valence-corrected chi connectivity index (χ0v) is 10.8. The number of carbonyl (C=O) groups excluding carboxylic acids is 1. The van der Waals surface area contributed by atoms with Crippen LogP contribution in [-0.2, 0) is 0 Å². The molecule has 4 nitrogen and oxygen atoms in total. The molecular weight excluding hydrogens is 250 g/mol. The number of anilines is 1. The largest absolute Gasteiger partial charge is 0.324 e. The van der Waals surface area contributed by atoms with Crippen LogP contribution in [0.15, 0.2) is 30.1 Å². The van der Waals surface area contributed by atoms with Gasteiger partial charge in [-0.15, -0.1) is 0 Å². The average molecular weight is 266 g/mol. The molecule has 0 unspecified atom stereocenters. The van der Waals surface area contributed by atoms with Gasteiger partial charge in [-0.2, -0.15) is 0 Å². The van der Waals surface area contributed by atoms with Gasteiger partial charge in [-0.1, -0.05) is 23.6 Å². The van der Waals surface area contributed by atoms with E-state index in [1.54, 1.807) is 12.1 Å². The summed E-state index contributed by atoms with van der Waals surface area (Å²) < 4.78 is 0. The van der Waals surface area contributed by atoms with Crippen molar-refractivity contribution in [2.45, 2.75) is 32.1 Å². The third-order valence-electron chi connectivity index (χ3n) is 2.87. The Balaban J connectivity index is 1.83. The van der Waals surface area contributed by atoms with Gasteiger partial charge in [0, 0.05) is 12.4 Å². The normalized spacial score (nSPS) is 15.1. The van der Waals surface area contributed by atoms with Crippen LogP contribution in [0.2, 0.25) is 5.02 Å². The summed E-state index contributed by atoms with van der Waals surface area (Å²) in [5.41, 5.74) is 1.31. The molecule has 2 N–H and O–H groups in total. The van der Waals surface area contributed by atoms with Gasteiger partial charge in [-0.05, 0) is 37.8 Å². The minimum atomic E-state index is -0.275. The summed E-state index contributed by atoms with van der Waals surface area (Å²) in [5, 5.41) is 5.92. The first-order valence-corrected chi connectivity index (χ1v) is 6.49. The van der Waals surface area contributed by atoms with E-state index < -0.39 is 0 Å². The van der Waals surface area contributed by atoms with E-state index in [1.165, 1.54) is 31.0 Å². The minimum absolute atomic E-state index is 0.275. The molecule has 18 heavy (non-hydrogen) atoms. The van der Waals surface area contributed by atoms with Crippen LogP contribution in [0.25, 0.3) is 0 Å². The standard InChI is InChI=1S/C13H16ClN3O/c14-11-6-7-12(15-9-11)17-13(18)16-8-10-4-2-1-3-5-10/h6-9H,1-5H2,(H2,15,16,17,18). The van der Waals surface area contributed by atoms with Crippen LogP contribution in [-0.4, -0.2) is 11.0 Å². The molecule has 0 bridgehead atoms. The van der Waals surface area contributed by atoms with Crippen molar-refractivity contribution in [3.8, 4) is 0 Å². The summed E-state index contributed by atoms with van der Waals surface area (Å²) in [5.74, 6) is 0.485. The Kier molecular flexibility index (Phi) is 4.59. The molecule has 2 rings (SSSR count). The maximum absolute atomic E-state index is 11.6. The second kappa shape index (κ2) is 6.40. The maximum atomic E-state index is 11.6. The van der Waals surface area contributed by atoms with E-state index in [0.29, 0.717) is 10.8 Å².